The van der Waals surface area contributed by atoms with Crippen molar-refractivity contribution in [1.29, 1.82) is 0 Å². The lowest BCUT2D eigenvalue weighted by atomic mass is 10.0. The number of amides is 1. The van der Waals surface area contributed by atoms with Gasteiger partial charge in [0, 0.05) is 11.5 Å². The zero-order chi connectivity index (χ0) is 18.2. The number of likely N-dealkylation sites (tertiary alicyclic amines) is 1. The molecule has 1 N–H and O–H groups in total. The van der Waals surface area contributed by atoms with Crippen molar-refractivity contribution in [1.82, 2.24) is 4.90 Å². The molecule has 1 aliphatic heterocycles. The third kappa shape index (κ3) is 3.63. The highest BCUT2D eigenvalue weighted by Crippen LogP contribution is 2.59. The molecule has 6 nitrogen and oxygen atoms in total. The predicted octanol–water partition coefficient (Wildman–Crippen LogP) is 2.49. The fourth-order valence-corrected chi connectivity index (χ4v) is 3.46. The number of aliphatic hydroxyl groups is 1. The highest BCUT2D eigenvalue weighted by atomic mass is 16.6. The number of esters is 1. The van der Waals surface area contributed by atoms with Gasteiger partial charge in [-0.2, -0.15) is 0 Å². The van der Waals surface area contributed by atoms with Crippen LogP contribution in [0.5, 0.6) is 0 Å². The van der Waals surface area contributed by atoms with Crippen molar-refractivity contribution in [3.05, 3.63) is 35.9 Å². The minimum absolute atomic E-state index is 0.0422. The monoisotopic (exact) mass is 347 g/mol. The average molecular weight is 347 g/mol. The molecule has 1 aromatic rings. The van der Waals surface area contributed by atoms with E-state index in [0.717, 1.165) is 5.56 Å². The maximum Gasteiger partial charge on any atom is 0.411 e. The maximum atomic E-state index is 12.6. The Labute approximate surface area is 147 Å². The van der Waals surface area contributed by atoms with E-state index in [4.69, 9.17) is 9.47 Å². The van der Waals surface area contributed by atoms with Crippen LogP contribution in [0.25, 0.3) is 0 Å². The van der Waals surface area contributed by atoms with Crippen LogP contribution < -0.4 is 0 Å². The highest BCUT2D eigenvalue weighted by molar-refractivity contribution is 5.83. The second-order valence-electron chi connectivity index (χ2n) is 7.94. The molecule has 0 spiro atoms. The van der Waals surface area contributed by atoms with Gasteiger partial charge in [0.25, 0.3) is 0 Å². The second kappa shape index (κ2) is 6.33. The average Bonchev–Trinajstić information content (AvgIpc) is 3.16. The van der Waals surface area contributed by atoms with Crippen LogP contribution in [-0.2, 0) is 20.9 Å². The fourth-order valence-electron chi connectivity index (χ4n) is 3.46. The number of carbonyl (C=O) groups excluding carboxylic acids is 2. The van der Waals surface area contributed by atoms with Crippen LogP contribution >= 0.6 is 0 Å². The minimum atomic E-state index is -0.704. The number of piperidine rings is 1. The number of hydrogen-bond donors (Lipinski definition) is 1. The molecule has 1 aliphatic carbocycles. The number of fused-ring (bicyclic) bond motifs is 1. The predicted molar refractivity (Wildman–Crippen MR) is 90.6 cm³/mol. The molecule has 1 aromatic carbocycles. The smallest absolute Gasteiger partial charge is 0.411 e. The Morgan fingerprint density at radius 1 is 1.24 bits per heavy atom. The third-order valence-electron chi connectivity index (χ3n) is 4.83. The summed E-state index contributed by atoms with van der Waals surface area (Å²) in [5, 5.41) is 9.68. The molecule has 0 bridgehead atoms. The van der Waals surface area contributed by atoms with Gasteiger partial charge in [0.2, 0.25) is 0 Å². The Balaban J connectivity index is 1.69. The van der Waals surface area contributed by atoms with Crippen LogP contribution in [0.1, 0.15) is 39.2 Å². The van der Waals surface area contributed by atoms with Crippen LogP contribution in [0.3, 0.4) is 0 Å². The largest absolute Gasteiger partial charge is 0.459 e. The van der Waals surface area contributed by atoms with E-state index in [2.05, 4.69) is 0 Å². The van der Waals surface area contributed by atoms with Gasteiger partial charge in [0.15, 0.2) is 0 Å². The molecule has 2 fully saturated rings. The summed E-state index contributed by atoms with van der Waals surface area (Å²) >= 11 is 0. The number of rotatable bonds is 4. The van der Waals surface area contributed by atoms with Gasteiger partial charge in [-0.15, -0.1) is 0 Å². The molecule has 1 amide bonds. The first-order valence-electron chi connectivity index (χ1n) is 8.58. The molecule has 1 saturated carbocycles. The molecular formula is C19H25NO5. The zero-order valence-corrected chi connectivity index (χ0v) is 14.9. The molecule has 3 atom stereocenters. The Kier molecular flexibility index (Phi) is 4.49. The maximum absolute atomic E-state index is 12.6. The quantitative estimate of drug-likeness (QED) is 0.847. The summed E-state index contributed by atoms with van der Waals surface area (Å²) in [6.45, 7) is 5.48. The van der Waals surface area contributed by atoms with Gasteiger partial charge in [-0.1, -0.05) is 30.3 Å². The van der Waals surface area contributed by atoms with Gasteiger partial charge in [-0.05, 0) is 39.2 Å². The van der Waals surface area contributed by atoms with E-state index < -0.39 is 23.7 Å². The van der Waals surface area contributed by atoms with Crippen molar-refractivity contribution in [3.63, 3.8) is 0 Å². The molecule has 2 aliphatic rings. The Morgan fingerprint density at radius 3 is 2.52 bits per heavy atom. The zero-order valence-electron chi connectivity index (χ0n) is 14.9. The Hall–Kier alpha value is -2.08. The lowest BCUT2D eigenvalue weighted by Gasteiger charge is -2.29. The van der Waals surface area contributed by atoms with Gasteiger partial charge in [-0.3, -0.25) is 4.90 Å². The van der Waals surface area contributed by atoms with Gasteiger partial charge in [0.1, 0.15) is 18.2 Å². The van der Waals surface area contributed by atoms with Gasteiger partial charge >= 0.3 is 12.1 Å². The van der Waals surface area contributed by atoms with Crippen LogP contribution in [0.15, 0.2) is 30.3 Å². The van der Waals surface area contributed by atoms with E-state index in [0.29, 0.717) is 12.8 Å². The topological polar surface area (TPSA) is 76.1 Å². The minimum Gasteiger partial charge on any atom is -0.459 e. The molecule has 1 heterocycles. The fraction of sp³-hybridized carbons (Fsp3) is 0.579. The summed E-state index contributed by atoms with van der Waals surface area (Å²) in [5.41, 5.74) is -0.137. The van der Waals surface area contributed by atoms with Crippen LogP contribution in [0.4, 0.5) is 4.79 Å². The Morgan fingerprint density at radius 2 is 1.92 bits per heavy atom. The summed E-state index contributed by atoms with van der Waals surface area (Å²) in [6, 6.07) is 8.54. The Bertz CT molecular complexity index is 654. The summed E-state index contributed by atoms with van der Waals surface area (Å²) < 4.78 is 10.9. The summed E-state index contributed by atoms with van der Waals surface area (Å²) in [6.07, 6.45) is 0.596. The number of aliphatic hydroxyl groups excluding tert-OH is 1. The van der Waals surface area contributed by atoms with Crippen LogP contribution in [0, 0.1) is 5.41 Å². The van der Waals surface area contributed by atoms with E-state index in [9.17, 15) is 14.7 Å². The van der Waals surface area contributed by atoms with Gasteiger partial charge in [0.05, 0.1) is 6.61 Å². The van der Waals surface area contributed by atoms with Crippen molar-refractivity contribution in [2.45, 2.75) is 57.9 Å². The lowest BCUT2D eigenvalue weighted by Crippen LogP contribution is -2.46. The van der Waals surface area contributed by atoms with Crippen LogP contribution in [0.2, 0.25) is 0 Å². The number of carbonyl (C=O) groups is 2. The van der Waals surface area contributed by atoms with Crippen molar-refractivity contribution in [2.75, 3.05) is 6.61 Å². The first-order chi connectivity index (χ1) is 11.8. The summed E-state index contributed by atoms with van der Waals surface area (Å²) in [7, 11) is 0. The van der Waals surface area contributed by atoms with Crippen molar-refractivity contribution in [2.24, 2.45) is 5.41 Å². The van der Waals surface area contributed by atoms with Crippen molar-refractivity contribution >= 4 is 12.1 Å². The van der Waals surface area contributed by atoms with E-state index in [1.165, 1.54) is 4.90 Å². The number of hydrogen-bond acceptors (Lipinski definition) is 5. The van der Waals surface area contributed by atoms with E-state index in [1.807, 2.05) is 30.3 Å². The molecule has 25 heavy (non-hydrogen) atoms. The SMILES string of the molecule is CC(C)(C)OC(=O)N1[C@H]2C[C@@]2(CO)C[C@H]1C(=O)OCc1ccccc1. The van der Waals surface area contributed by atoms with Gasteiger partial charge < -0.3 is 14.6 Å². The molecule has 136 valence electrons. The van der Waals surface area contributed by atoms with E-state index >= 15 is 0 Å². The van der Waals surface area contributed by atoms with E-state index in [-0.39, 0.29) is 24.7 Å². The third-order valence-corrected chi connectivity index (χ3v) is 4.83. The highest BCUT2D eigenvalue weighted by Gasteiger charge is 2.68. The first-order valence-corrected chi connectivity index (χ1v) is 8.58. The molecule has 0 unspecified atom stereocenters. The standard InChI is InChI=1S/C19H25NO5/c1-18(2,3)25-17(23)20-14(9-19(12-21)10-15(19)20)16(22)24-11-13-7-5-4-6-8-13/h4-8,14-15,21H,9-12H2,1-3H3/t14-,15-,19+/m0/s1. The second-order valence-corrected chi connectivity index (χ2v) is 7.94. The number of ether oxygens (including phenoxy) is 2. The van der Waals surface area contributed by atoms with Crippen molar-refractivity contribution < 1.29 is 24.2 Å². The van der Waals surface area contributed by atoms with Crippen molar-refractivity contribution in [3.8, 4) is 0 Å². The van der Waals surface area contributed by atoms with Crippen LogP contribution in [-0.4, -0.2) is 46.4 Å². The summed E-state index contributed by atoms with van der Waals surface area (Å²) in [5.74, 6) is -0.449. The lowest BCUT2D eigenvalue weighted by molar-refractivity contribution is -0.150. The summed E-state index contributed by atoms with van der Waals surface area (Å²) in [4.78, 5) is 26.6. The molecule has 3 rings (SSSR count). The molecule has 6 heteroatoms. The van der Waals surface area contributed by atoms with Gasteiger partial charge in [-0.25, -0.2) is 9.59 Å². The molecular weight excluding hydrogens is 322 g/mol. The normalized spacial score (nSPS) is 27.6. The van der Waals surface area contributed by atoms with E-state index in [1.54, 1.807) is 20.8 Å². The number of nitrogens with zero attached hydrogens (tertiary/aromatic N) is 1. The first kappa shape index (κ1) is 17.7. The number of benzene rings is 1. The molecule has 0 radical (unpaired) electrons. The molecule has 1 saturated heterocycles. The molecule has 0 aromatic heterocycles.